The van der Waals surface area contributed by atoms with Gasteiger partial charge in [-0.2, -0.15) is 0 Å². The third kappa shape index (κ3) is 6.42. The number of Topliss-reactive ketones (excluding diaryl/α,β-unsaturated/α-hetero) is 1. The highest BCUT2D eigenvalue weighted by atomic mass is 28.4. The number of carbonyl (C=O) groups is 1. The zero-order valence-electron chi connectivity index (χ0n) is 22.7. The van der Waals surface area contributed by atoms with Crippen LogP contribution < -0.4 is 0 Å². The van der Waals surface area contributed by atoms with E-state index in [2.05, 4.69) is 35.7 Å². The maximum atomic E-state index is 11.7. The highest BCUT2D eigenvalue weighted by Gasteiger charge is 2.51. The number of aromatic nitrogens is 2. The first-order chi connectivity index (χ1) is 18.9. The van der Waals surface area contributed by atoms with E-state index in [1.54, 1.807) is 18.3 Å². The molecule has 2 aliphatic carbocycles. The molecule has 0 radical (unpaired) electrons. The van der Waals surface area contributed by atoms with Crippen LogP contribution in [0.2, 0.25) is 19.6 Å². The molecular weight excluding hydrogens is 536 g/mol. The number of ketones is 1. The summed E-state index contributed by atoms with van der Waals surface area (Å²) < 4.78 is 18.2. The maximum Gasteiger partial charge on any atom is 0.293 e. The van der Waals surface area contributed by atoms with E-state index in [0.717, 1.165) is 31.4 Å². The lowest BCUT2D eigenvalue weighted by atomic mass is 9.96. The molecule has 0 bridgehead atoms. The number of nitrogens with zero attached hydrogens (tertiary/aromatic N) is 4. The average Bonchev–Trinajstić information content (AvgIpc) is 3.81. The molecule has 2 aromatic rings. The van der Waals surface area contributed by atoms with Crippen molar-refractivity contribution in [1.82, 2.24) is 9.97 Å². The number of pyridine rings is 2. The van der Waals surface area contributed by atoms with Crippen LogP contribution >= 0.6 is 0 Å². The van der Waals surface area contributed by atoms with Crippen molar-refractivity contribution in [3.8, 4) is 0 Å². The van der Waals surface area contributed by atoms with E-state index in [-0.39, 0.29) is 40.9 Å². The van der Waals surface area contributed by atoms with Gasteiger partial charge in [0.1, 0.15) is 18.2 Å². The Hall–Kier alpha value is -3.55. The van der Waals surface area contributed by atoms with Gasteiger partial charge >= 0.3 is 0 Å². The number of hydrogen-bond acceptors (Lipinski definition) is 10. The SMILES string of the molecule is C[Si](C)(C)OC1=CC2(CC2)O[C@@H](c2ccncc2[N+](=O)[O-])C1.O=C1C[C@H](c2ccncc2[N+](=O)[O-])OC2(CC2)C1. The van der Waals surface area contributed by atoms with Gasteiger partial charge in [0.2, 0.25) is 8.32 Å². The molecule has 6 rings (SSSR count). The molecule has 13 heteroatoms. The molecular formula is C27H32N4O8Si. The van der Waals surface area contributed by atoms with Crippen molar-refractivity contribution in [1.29, 1.82) is 0 Å². The monoisotopic (exact) mass is 568 g/mol. The van der Waals surface area contributed by atoms with Crippen molar-refractivity contribution < 1.29 is 28.5 Å². The summed E-state index contributed by atoms with van der Waals surface area (Å²) in [4.78, 5) is 40.6. The normalized spacial score (nSPS) is 24.0. The fourth-order valence-electron chi connectivity index (χ4n) is 5.19. The van der Waals surface area contributed by atoms with Crippen LogP contribution in [0.4, 0.5) is 11.4 Å². The molecule has 0 unspecified atom stereocenters. The van der Waals surface area contributed by atoms with Crippen molar-refractivity contribution in [2.75, 3.05) is 0 Å². The standard InChI is InChI=1S/C15H20N2O4Si.C12H12N2O4/c1-22(2,3)21-11-8-14(20-15(9-11)5-6-15)12-4-7-16-10-13(12)17(18)19;15-8-5-11(18-12(6-8)2-3-12)9-1-4-13-7-10(9)14(16)17/h4,7,9-10,14H,5-6,8H2,1-3H3;1,4,7,11H,2-3,5-6H2/t14-;11-/m11/s1. The van der Waals surface area contributed by atoms with Gasteiger partial charge in [0.05, 0.1) is 50.1 Å². The molecule has 212 valence electrons. The molecule has 2 atom stereocenters. The van der Waals surface area contributed by atoms with E-state index < -0.39 is 24.3 Å². The van der Waals surface area contributed by atoms with E-state index in [0.29, 0.717) is 24.0 Å². The molecule has 2 saturated carbocycles. The van der Waals surface area contributed by atoms with E-state index in [1.165, 1.54) is 18.6 Å². The molecule has 0 amide bonds. The van der Waals surface area contributed by atoms with Gasteiger partial charge in [-0.1, -0.05) is 0 Å². The summed E-state index contributed by atoms with van der Waals surface area (Å²) in [5.41, 5.74) is 0.350. The van der Waals surface area contributed by atoms with Crippen LogP contribution in [0.25, 0.3) is 0 Å². The van der Waals surface area contributed by atoms with Crippen LogP contribution in [0.3, 0.4) is 0 Å². The smallest absolute Gasteiger partial charge is 0.293 e. The van der Waals surface area contributed by atoms with Gasteiger partial charge in [-0.05, 0) is 63.5 Å². The predicted molar refractivity (Wildman–Crippen MR) is 145 cm³/mol. The Morgan fingerprint density at radius 1 is 0.900 bits per heavy atom. The first kappa shape index (κ1) is 28.0. The second kappa shape index (κ2) is 10.4. The molecule has 12 nitrogen and oxygen atoms in total. The number of carbonyl (C=O) groups excluding carboxylic acids is 1. The van der Waals surface area contributed by atoms with E-state index in [4.69, 9.17) is 13.9 Å². The Bertz CT molecular complexity index is 1370. The fourth-order valence-corrected chi connectivity index (χ4v) is 6.12. The highest BCUT2D eigenvalue weighted by molar-refractivity contribution is 6.70. The second-order valence-electron chi connectivity index (χ2n) is 11.8. The van der Waals surface area contributed by atoms with Gasteiger partial charge in [-0.15, -0.1) is 0 Å². The van der Waals surface area contributed by atoms with Crippen molar-refractivity contribution in [2.45, 2.75) is 88.0 Å². The number of hydrogen-bond donors (Lipinski definition) is 0. The second-order valence-corrected chi connectivity index (χ2v) is 16.2. The highest BCUT2D eigenvalue weighted by Crippen LogP contribution is 2.52. The molecule has 2 aromatic heterocycles. The molecule has 3 fully saturated rings. The lowest BCUT2D eigenvalue weighted by Gasteiger charge is -2.32. The van der Waals surface area contributed by atoms with Gasteiger partial charge in [0, 0.05) is 31.7 Å². The number of ether oxygens (including phenoxy) is 2. The van der Waals surface area contributed by atoms with Crippen molar-refractivity contribution in [3.63, 3.8) is 0 Å². The minimum atomic E-state index is -1.72. The van der Waals surface area contributed by atoms with Crippen LogP contribution in [-0.2, 0) is 18.7 Å². The lowest BCUT2D eigenvalue weighted by Crippen LogP contribution is -2.30. The Kier molecular flexibility index (Phi) is 7.31. The molecule has 4 heterocycles. The van der Waals surface area contributed by atoms with Crippen LogP contribution in [0.1, 0.15) is 68.3 Å². The predicted octanol–water partition coefficient (Wildman–Crippen LogP) is 5.66. The first-order valence-electron chi connectivity index (χ1n) is 13.3. The van der Waals surface area contributed by atoms with Gasteiger partial charge < -0.3 is 13.9 Å². The minimum Gasteiger partial charge on any atom is -0.547 e. The summed E-state index contributed by atoms with van der Waals surface area (Å²) in [5.74, 6) is 1.04. The Labute approximate surface area is 232 Å². The van der Waals surface area contributed by atoms with Gasteiger partial charge in [0.25, 0.3) is 11.4 Å². The quantitative estimate of drug-likeness (QED) is 0.242. The molecule has 4 aliphatic rings. The molecule has 40 heavy (non-hydrogen) atoms. The maximum absolute atomic E-state index is 11.7. The fraction of sp³-hybridized carbons (Fsp3) is 0.519. The van der Waals surface area contributed by atoms with Crippen molar-refractivity contribution in [2.24, 2.45) is 0 Å². The number of rotatable bonds is 6. The van der Waals surface area contributed by atoms with Crippen molar-refractivity contribution in [3.05, 3.63) is 80.1 Å². The van der Waals surface area contributed by atoms with E-state index in [1.807, 2.05) is 0 Å². The van der Waals surface area contributed by atoms with Crippen molar-refractivity contribution >= 4 is 25.5 Å². The van der Waals surface area contributed by atoms with E-state index >= 15 is 0 Å². The van der Waals surface area contributed by atoms with Crippen LogP contribution in [0.15, 0.2) is 48.8 Å². The summed E-state index contributed by atoms with van der Waals surface area (Å²) in [6.07, 6.45) is 11.6. The molecule has 0 aromatic carbocycles. The topological polar surface area (TPSA) is 157 Å². The average molecular weight is 569 g/mol. The van der Waals surface area contributed by atoms with Crippen LogP contribution in [-0.4, -0.2) is 45.1 Å². The van der Waals surface area contributed by atoms with Crippen LogP contribution in [0.5, 0.6) is 0 Å². The third-order valence-corrected chi connectivity index (χ3v) is 8.13. The largest absolute Gasteiger partial charge is 0.547 e. The van der Waals surface area contributed by atoms with Gasteiger partial charge in [0.15, 0.2) is 0 Å². The summed E-state index contributed by atoms with van der Waals surface area (Å²) in [5, 5.41) is 22.2. The molecule has 1 saturated heterocycles. The number of nitro groups is 2. The molecule has 0 N–H and O–H groups in total. The van der Waals surface area contributed by atoms with Gasteiger partial charge in [-0.3, -0.25) is 35.0 Å². The summed E-state index contributed by atoms with van der Waals surface area (Å²) >= 11 is 0. The third-order valence-electron chi connectivity index (χ3n) is 7.25. The Morgan fingerprint density at radius 3 is 1.93 bits per heavy atom. The Morgan fingerprint density at radius 2 is 1.45 bits per heavy atom. The zero-order valence-corrected chi connectivity index (χ0v) is 23.7. The summed E-state index contributed by atoms with van der Waals surface area (Å²) in [6.45, 7) is 6.40. The summed E-state index contributed by atoms with van der Waals surface area (Å²) in [7, 11) is -1.72. The molecule has 2 aliphatic heterocycles. The minimum absolute atomic E-state index is 0.0116. The molecule has 2 spiro atoms. The lowest BCUT2D eigenvalue weighted by molar-refractivity contribution is -0.386. The van der Waals surface area contributed by atoms with Gasteiger partial charge in [-0.25, -0.2) is 0 Å². The Balaban J connectivity index is 0.000000164. The first-order valence-corrected chi connectivity index (χ1v) is 16.7. The van der Waals surface area contributed by atoms with E-state index in [9.17, 15) is 25.0 Å². The van der Waals surface area contributed by atoms with Crippen LogP contribution in [0, 0.1) is 20.2 Å². The zero-order chi connectivity index (χ0) is 28.7. The summed E-state index contributed by atoms with van der Waals surface area (Å²) in [6, 6.07) is 3.24.